The summed E-state index contributed by atoms with van der Waals surface area (Å²) >= 11 is 0. The third kappa shape index (κ3) is 1.69. The lowest BCUT2D eigenvalue weighted by atomic mass is 9.95. The highest BCUT2D eigenvalue weighted by atomic mass is 16.5. The molecule has 1 N–H and O–H groups in total. The van der Waals surface area contributed by atoms with Crippen LogP contribution in [0.25, 0.3) is 0 Å². The van der Waals surface area contributed by atoms with E-state index in [1.165, 1.54) is 11.1 Å². The Kier molecular flexibility index (Phi) is 2.94. The van der Waals surface area contributed by atoms with Gasteiger partial charge in [-0.3, -0.25) is 0 Å². The first kappa shape index (κ1) is 11.8. The van der Waals surface area contributed by atoms with Gasteiger partial charge in [-0.05, 0) is 42.1 Å². The quantitative estimate of drug-likeness (QED) is 0.827. The van der Waals surface area contributed by atoms with Gasteiger partial charge < -0.3 is 14.8 Å². The largest absolute Gasteiger partial charge is 0.490 e. The van der Waals surface area contributed by atoms with Crippen LogP contribution >= 0.6 is 0 Å². The van der Waals surface area contributed by atoms with Gasteiger partial charge in [0.2, 0.25) is 0 Å². The van der Waals surface area contributed by atoms with Crippen molar-refractivity contribution in [2.45, 2.75) is 32.2 Å². The standard InChI is InChI=1S/C15H21NO2/c1-9-10(2)15(16-3)12-8-14-13(7-11(9)12)17-5-4-6-18-14/h7-10,15-16H,4-6H2,1-3H3. The van der Waals surface area contributed by atoms with Gasteiger partial charge in [-0.25, -0.2) is 0 Å². The Morgan fingerprint density at radius 3 is 2.28 bits per heavy atom. The zero-order valence-corrected chi connectivity index (χ0v) is 11.3. The molecule has 0 aromatic heterocycles. The topological polar surface area (TPSA) is 30.5 Å². The van der Waals surface area contributed by atoms with Crippen LogP contribution in [0.5, 0.6) is 11.5 Å². The van der Waals surface area contributed by atoms with Gasteiger partial charge in [0, 0.05) is 12.5 Å². The van der Waals surface area contributed by atoms with Crippen molar-refractivity contribution in [2.75, 3.05) is 20.3 Å². The first-order valence-electron chi connectivity index (χ1n) is 6.83. The predicted molar refractivity (Wildman–Crippen MR) is 71.4 cm³/mol. The van der Waals surface area contributed by atoms with Crippen LogP contribution in [0.3, 0.4) is 0 Å². The van der Waals surface area contributed by atoms with Crippen LogP contribution in [-0.4, -0.2) is 20.3 Å². The van der Waals surface area contributed by atoms with Crippen molar-refractivity contribution in [1.82, 2.24) is 5.32 Å². The first-order chi connectivity index (χ1) is 8.72. The Hall–Kier alpha value is -1.22. The maximum absolute atomic E-state index is 5.78. The Morgan fingerprint density at radius 2 is 1.67 bits per heavy atom. The SMILES string of the molecule is CNC1c2cc3c(cc2C(C)C1C)OCCCO3. The summed E-state index contributed by atoms with van der Waals surface area (Å²) in [6.45, 7) is 6.11. The fraction of sp³-hybridized carbons (Fsp3) is 0.600. The fourth-order valence-corrected chi connectivity index (χ4v) is 3.18. The van der Waals surface area contributed by atoms with E-state index in [1.807, 2.05) is 7.05 Å². The van der Waals surface area contributed by atoms with Gasteiger partial charge in [0.25, 0.3) is 0 Å². The van der Waals surface area contributed by atoms with E-state index >= 15 is 0 Å². The van der Waals surface area contributed by atoms with Crippen molar-refractivity contribution >= 4 is 0 Å². The third-order valence-electron chi connectivity index (χ3n) is 4.40. The molecule has 2 aliphatic rings. The molecule has 0 fully saturated rings. The highest BCUT2D eigenvalue weighted by Crippen LogP contribution is 2.48. The molecule has 1 aliphatic heterocycles. The van der Waals surface area contributed by atoms with Crippen LogP contribution < -0.4 is 14.8 Å². The molecule has 18 heavy (non-hydrogen) atoms. The van der Waals surface area contributed by atoms with E-state index in [1.54, 1.807) is 0 Å². The Labute approximate surface area is 108 Å². The molecule has 1 aliphatic carbocycles. The van der Waals surface area contributed by atoms with E-state index in [9.17, 15) is 0 Å². The molecule has 0 saturated heterocycles. The monoisotopic (exact) mass is 247 g/mol. The molecule has 3 unspecified atom stereocenters. The average Bonchev–Trinajstić information content (AvgIpc) is 2.57. The maximum atomic E-state index is 5.78. The molecule has 0 radical (unpaired) electrons. The molecular weight excluding hydrogens is 226 g/mol. The van der Waals surface area contributed by atoms with Gasteiger partial charge in [0.1, 0.15) is 0 Å². The minimum Gasteiger partial charge on any atom is -0.490 e. The highest BCUT2D eigenvalue weighted by Gasteiger charge is 2.35. The fourth-order valence-electron chi connectivity index (χ4n) is 3.18. The Morgan fingerprint density at radius 1 is 1.06 bits per heavy atom. The zero-order chi connectivity index (χ0) is 12.7. The number of ether oxygens (including phenoxy) is 2. The molecule has 0 amide bonds. The van der Waals surface area contributed by atoms with Crippen molar-refractivity contribution in [3.63, 3.8) is 0 Å². The van der Waals surface area contributed by atoms with Crippen LogP contribution in [0.4, 0.5) is 0 Å². The minimum atomic E-state index is 0.423. The molecule has 0 saturated carbocycles. The van der Waals surface area contributed by atoms with Gasteiger partial charge in [0.05, 0.1) is 13.2 Å². The van der Waals surface area contributed by atoms with Crippen LogP contribution in [0, 0.1) is 5.92 Å². The summed E-state index contributed by atoms with van der Waals surface area (Å²) in [4.78, 5) is 0. The maximum Gasteiger partial charge on any atom is 0.161 e. The van der Waals surface area contributed by atoms with Crippen LogP contribution in [0.1, 0.15) is 43.4 Å². The second kappa shape index (κ2) is 4.47. The van der Waals surface area contributed by atoms with Crippen molar-refractivity contribution in [3.8, 4) is 11.5 Å². The minimum absolute atomic E-state index is 0.423. The molecule has 0 bridgehead atoms. The molecule has 1 heterocycles. The summed E-state index contributed by atoms with van der Waals surface area (Å²) in [6.07, 6.45) is 0.959. The number of fused-ring (bicyclic) bond motifs is 2. The lowest BCUT2D eigenvalue weighted by Gasteiger charge is -2.18. The summed E-state index contributed by atoms with van der Waals surface area (Å²) in [5.41, 5.74) is 2.79. The summed E-state index contributed by atoms with van der Waals surface area (Å²) in [5.74, 6) is 3.00. The number of nitrogens with one attached hydrogen (secondary N) is 1. The van der Waals surface area contributed by atoms with Gasteiger partial charge in [0.15, 0.2) is 11.5 Å². The summed E-state index contributed by atoms with van der Waals surface area (Å²) < 4.78 is 11.6. The predicted octanol–water partition coefficient (Wildman–Crippen LogP) is 2.86. The average molecular weight is 247 g/mol. The highest BCUT2D eigenvalue weighted by molar-refractivity contribution is 5.52. The second-order valence-corrected chi connectivity index (χ2v) is 5.39. The summed E-state index contributed by atoms with van der Waals surface area (Å²) in [7, 11) is 2.03. The first-order valence-corrected chi connectivity index (χ1v) is 6.83. The lowest BCUT2D eigenvalue weighted by Crippen LogP contribution is -2.20. The number of benzene rings is 1. The van der Waals surface area contributed by atoms with Gasteiger partial charge in [-0.15, -0.1) is 0 Å². The molecule has 98 valence electrons. The third-order valence-corrected chi connectivity index (χ3v) is 4.40. The van der Waals surface area contributed by atoms with E-state index in [2.05, 4.69) is 31.3 Å². The molecule has 3 heteroatoms. The summed E-state index contributed by atoms with van der Waals surface area (Å²) in [5, 5.41) is 3.43. The number of hydrogen-bond donors (Lipinski definition) is 1. The second-order valence-electron chi connectivity index (χ2n) is 5.39. The molecule has 1 aromatic carbocycles. The van der Waals surface area contributed by atoms with Gasteiger partial charge in [-0.2, -0.15) is 0 Å². The van der Waals surface area contributed by atoms with Crippen LogP contribution in [-0.2, 0) is 0 Å². The number of hydrogen-bond acceptors (Lipinski definition) is 3. The van der Waals surface area contributed by atoms with E-state index in [-0.39, 0.29) is 0 Å². The zero-order valence-electron chi connectivity index (χ0n) is 11.3. The van der Waals surface area contributed by atoms with E-state index in [4.69, 9.17) is 9.47 Å². The molecule has 1 aromatic rings. The van der Waals surface area contributed by atoms with Crippen molar-refractivity contribution < 1.29 is 9.47 Å². The molecular formula is C15H21NO2. The smallest absolute Gasteiger partial charge is 0.161 e. The van der Waals surface area contributed by atoms with Crippen molar-refractivity contribution in [2.24, 2.45) is 5.92 Å². The molecule has 3 atom stereocenters. The van der Waals surface area contributed by atoms with Gasteiger partial charge >= 0.3 is 0 Å². The normalized spacial score (nSPS) is 29.8. The number of rotatable bonds is 1. The Balaban J connectivity index is 2.08. The molecule has 3 nitrogen and oxygen atoms in total. The summed E-state index contributed by atoms with van der Waals surface area (Å²) in [6, 6.07) is 4.79. The van der Waals surface area contributed by atoms with Crippen molar-refractivity contribution in [3.05, 3.63) is 23.3 Å². The van der Waals surface area contributed by atoms with Crippen LogP contribution in [0.15, 0.2) is 12.1 Å². The molecule has 3 rings (SSSR count). The van der Waals surface area contributed by atoms with E-state index < -0.39 is 0 Å². The molecule has 0 spiro atoms. The van der Waals surface area contributed by atoms with Gasteiger partial charge in [-0.1, -0.05) is 13.8 Å². The van der Waals surface area contributed by atoms with Crippen molar-refractivity contribution in [1.29, 1.82) is 0 Å². The van der Waals surface area contributed by atoms with Crippen LogP contribution in [0.2, 0.25) is 0 Å². The van der Waals surface area contributed by atoms with E-state index in [0.29, 0.717) is 17.9 Å². The lowest BCUT2D eigenvalue weighted by molar-refractivity contribution is 0.296. The Bertz CT molecular complexity index is 458. The van der Waals surface area contributed by atoms with E-state index in [0.717, 1.165) is 31.1 Å².